The molecule has 19 heteroatoms. The minimum absolute atomic E-state index is 0.104. The number of phosphoric acid groups is 2. The summed E-state index contributed by atoms with van der Waals surface area (Å²) in [6, 6.07) is 0. The topological polar surface area (TPSA) is 237 Å². The lowest BCUT2D eigenvalue weighted by atomic mass is 9.99. The predicted molar refractivity (Wildman–Crippen MR) is 298 cm³/mol. The van der Waals surface area contributed by atoms with Crippen LogP contribution in [0.15, 0.2) is 0 Å². The van der Waals surface area contributed by atoms with E-state index in [0.29, 0.717) is 25.7 Å². The van der Waals surface area contributed by atoms with E-state index in [-0.39, 0.29) is 25.7 Å². The maximum absolute atomic E-state index is 12.9. The number of hydrogen-bond acceptors (Lipinski definition) is 15. The van der Waals surface area contributed by atoms with Crippen molar-refractivity contribution in [2.24, 2.45) is 5.92 Å². The molecule has 3 unspecified atom stereocenters. The van der Waals surface area contributed by atoms with Crippen LogP contribution in [0.2, 0.25) is 0 Å². The highest BCUT2D eigenvalue weighted by Gasteiger charge is 2.30. The van der Waals surface area contributed by atoms with Gasteiger partial charge in [-0.25, -0.2) is 9.13 Å². The van der Waals surface area contributed by atoms with Crippen molar-refractivity contribution in [2.45, 2.75) is 297 Å². The van der Waals surface area contributed by atoms with E-state index in [0.717, 1.165) is 115 Å². The Morgan fingerprint density at radius 1 is 0.368 bits per heavy atom. The minimum atomic E-state index is -4.93. The molecule has 17 nitrogen and oxygen atoms in total. The van der Waals surface area contributed by atoms with E-state index in [1.54, 1.807) is 0 Å². The van der Waals surface area contributed by atoms with Crippen molar-refractivity contribution in [3.05, 3.63) is 0 Å². The minimum Gasteiger partial charge on any atom is -0.462 e. The van der Waals surface area contributed by atoms with Crippen LogP contribution in [0.1, 0.15) is 279 Å². The molecular formula is C57H110O17P2. The molecule has 0 aliphatic rings. The SMILES string of the molecule is CCCCCCCCCCCC(=O)OC[C@H](COP(=O)(O)OC[C@@H](O)COP(=O)(O)OC[C@@H](COC(=O)CCCCCCCCC)OC(=O)CCCCCCCCCC)OC(=O)CCCCCCCCCCC(C)CC. The zero-order chi connectivity index (χ0) is 56.4. The van der Waals surface area contributed by atoms with Gasteiger partial charge in [0.1, 0.15) is 19.3 Å². The van der Waals surface area contributed by atoms with Gasteiger partial charge in [0.05, 0.1) is 26.4 Å². The Balaban J connectivity index is 5.21. The molecule has 0 fully saturated rings. The first-order valence-corrected chi connectivity index (χ1v) is 33.2. The van der Waals surface area contributed by atoms with E-state index in [2.05, 4.69) is 34.6 Å². The van der Waals surface area contributed by atoms with Crippen LogP contribution in [0.25, 0.3) is 0 Å². The summed E-state index contributed by atoms with van der Waals surface area (Å²) in [6.45, 7) is 7.05. The largest absolute Gasteiger partial charge is 0.472 e. The number of ether oxygens (including phenoxy) is 4. The number of hydrogen-bond donors (Lipinski definition) is 3. The van der Waals surface area contributed by atoms with Gasteiger partial charge in [-0.05, 0) is 31.6 Å². The summed E-state index contributed by atoms with van der Waals surface area (Å²) in [4.78, 5) is 71.6. The molecule has 0 amide bonds. The second-order valence-corrected chi connectivity index (χ2v) is 23.8. The third-order valence-electron chi connectivity index (χ3n) is 13.4. The highest BCUT2D eigenvalue weighted by atomic mass is 31.2. The fourth-order valence-corrected chi connectivity index (χ4v) is 9.89. The van der Waals surface area contributed by atoms with E-state index in [9.17, 15) is 43.2 Å². The number of carbonyl (C=O) groups is 4. The molecule has 0 saturated carbocycles. The van der Waals surface area contributed by atoms with Gasteiger partial charge >= 0.3 is 39.5 Å². The first-order chi connectivity index (χ1) is 36.6. The van der Waals surface area contributed by atoms with E-state index in [4.69, 9.17) is 37.0 Å². The molecule has 3 N–H and O–H groups in total. The summed E-state index contributed by atoms with van der Waals surface area (Å²) in [5.74, 6) is -1.38. The molecule has 0 rings (SSSR count). The van der Waals surface area contributed by atoms with Crippen LogP contribution < -0.4 is 0 Å². The summed E-state index contributed by atoms with van der Waals surface area (Å²) < 4.78 is 67.5. The third kappa shape index (κ3) is 50.3. The molecule has 6 atom stereocenters. The number of aliphatic hydroxyl groups is 1. The fraction of sp³-hybridized carbons (Fsp3) is 0.930. The van der Waals surface area contributed by atoms with Crippen molar-refractivity contribution in [2.75, 3.05) is 39.6 Å². The molecular weight excluding hydrogens is 1020 g/mol. The highest BCUT2D eigenvalue weighted by molar-refractivity contribution is 7.47. The maximum Gasteiger partial charge on any atom is 0.472 e. The normalized spacial score (nSPS) is 14.8. The monoisotopic (exact) mass is 1130 g/mol. The summed E-state index contributed by atoms with van der Waals surface area (Å²) in [6.07, 6.45) is 32.2. The van der Waals surface area contributed by atoms with Crippen LogP contribution in [0.5, 0.6) is 0 Å². The van der Waals surface area contributed by atoms with Gasteiger partial charge in [0.2, 0.25) is 0 Å². The number of carbonyl (C=O) groups excluding carboxylic acids is 4. The molecule has 0 saturated heterocycles. The van der Waals surface area contributed by atoms with Crippen LogP contribution in [-0.4, -0.2) is 96.7 Å². The number of esters is 4. The maximum atomic E-state index is 12.9. The van der Waals surface area contributed by atoms with Crippen LogP contribution in [-0.2, 0) is 65.4 Å². The lowest BCUT2D eigenvalue weighted by Gasteiger charge is -2.21. The smallest absolute Gasteiger partial charge is 0.462 e. The van der Waals surface area contributed by atoms with Crippen LogP contribution in [0, 0.1) is 5.92 Å². The molecule has 450 valence electrons. The van der Waals surface area contributed by atoms with Crippen molar-refractivity contribution in [1.29, 1.82) is 0 Å². The molecule has 0 spiro atoms. The van der Waals surface area contributed by atoms with Gasteiger partial charge in [0, 0.05) is 25.7 Å². The first-order valence-electron chi connectivity index (χ1n) is 30.2. The molecule has 0 heterocycles. The summed E-state index contributed by atoms with van der Waals surface area (Å²) in [5, 5.41) is 10.5. The molecule has 0 aliphatic carbocycles. The molecule has 76 heavy (non-hydrogen) atoms. The van der Waals surface area contributed by atoms with E-state index >= 15 is 0 Å². The van der Waals surface area contributed by atoms with Crippen molar-refractivity contribution < 1.29 is 80.2 Å². The van der Waals surface area contributed by atoms with Crippen molar-refractivity contribution in [1.82, 2.24) is 0 Å². The lowest BCUT2D eigenvalue weighted by Crippen LogP contribution is -2.30. The van der Waals surface area contributed by atoms with Crippen LogP contribution in [0.4, 0.5) is 0 Å². The van der Waals surface area contributed by atoms with E-state index in [1.165, 1.54) is 83.5 Å². The Morgan fingerprint density at radius 2 is 0.632 bits per heavy atom. The van der Waals surface area contributed by atoms with Crippen molar-refractivity contribution in [3.8, 4) is 0 Å². The summed E-state index contributed by atoms with van der Waals surface area (Å²) in [7, 11) is -9.86. The quantitative estimate of drug-likeness (QED) is 0.0222. The van der Waals surface area contributed by atoms with Gasteiger partial charge in [-0.2, -0.15) is 0 Å². The van der Waals surface area contributed by atoms with Gasteiger partial charge in [-0.3, -0.25) is 37.3 Å². The Bertz CT molecular complexity index is 1500. The number of phosphoric ester groups is 2. The highest BCUT2D eigenvalue weighted by Crippen LogP contribution is 2.45. The molecule has 0 aliphatic heterocycles. The molecule has 0 aromatic carbocycles. The van der Waals surface area contributed by atoms with Crippen molar-refractivity contribution >= 4 is 39.5 Å². The molecule has 0 radical (unpaired) electrons. The average Bonchev–Trinajstić information content (AvgIpc) is 3.39. The van der Waals surface area contributed by atoms with Gasteiger partial charge in [-0.15, -0.1) is 0 Å². The lowest BCUT2D eigenvalue weighted by molar-refractivity contribution is -0.161. The van der Waals surface area contributed by atoms with E-state index in [1.807, 2.05) is 0 Å². The predicted octanol–water partition coefficient (Wildman–Crippen LogP) is 15.1. The second-order valence-electron chi connectivity index (χ2n) is 20.9. The van der Waals surface area contributed by atoms with Gasteiger partial charge in [0.25, 0.3) is 0 Å². The standard InChI is InChI=1S/C57H110O17P2/c1-6-10-13-16-19-21-27-31-36-41-55(60)68-47-53(74-57(62)43-38-33-28-23-22-25-29-34-39-50(5)9-4)49-72-76(65,66)70-45-51(58)44-69-75(63,64)71-48-52(46-67-54(59)40-35-30-24-18-15-12-8-3)73-56(61)42-37-32-26-20-17-14-11-7-2/h50-53,58H,6-49H2,1-5H3,(H,63,64)(H,65,66)/t50?,51-,52+,53+/m0/s1. The third-order valence-corrected chi connectivity index (χ3v) is 15.3. The second kappa shape index (κ2) is 51.2. The first kappa shape index (κ1) is 74.1. The number of unbranched alkanes of at least 4 members (excludes halogenated alkanes) is 28. The summed E-state index contributed by atoms with van der Waals surface area (Å²) in [5.41, 5.74) is 0. The van der Waals surface area contributed by atoms with E-state index < -0.39 is 97.5 Å². The summed E-state index contributed by atoms with van der Waals surface area (Å²) >= 11 is 0. The van der Waals surface area contributed by atoms with Crippen LogP contribution in [0.3, 0.4) is 0 Å². The van der Waals surface area contributed by atoms with Crippen LogP contribution >= 0.6 is 15.6 Å². The molecule has 0 aromatic heterocycles. The zero-order valence-corrected chi connectivity index (χ0v) is 50.2. The van der Waals surface area contributed by atoms with Gasteiger partial charge < -0.3 is 33.8 Å². The Morgan fingerprint density at radius 3 is 0.934 bits per heavy atom. The Kier molecular flexibility index (Phi) is 49.9. The number of aliphatic hydroxyl groups excluding tert-OH is 1. The molecule has 0 bridgehead atoms. The fourth-order valence-electron chi connectivity index (χ4n) is 8.31. The van der Waals surface area contributed by atoms with Crippen molar-refractivity contribution in [3.63, 3.8) is 0 Å². The Hall–Kier alpha value is -1.94. The molecule has 0 aromatic rings. The zero-order valence-electron chi connectivity index (χ0n) is 48.4. The van der Waals surface area contributed by atoms with Gasteiger partial charge in [0.15, 0.2) is 12.2 Å². The average molecular weight is 1130 g/mol. The Labute approximate surface area is 460 Å². The van der Waals surface area contributed by atoms with Gasteiger partial charge in [-0.1, -0.05) is 227 Å². The number of rotatable bonds is 57.